The number of halogens is 2. The number of rotatable bonds is 3. The molecule has 0 unspecified atom stereocenters. The predicted molar refractivity (Wildman–Crippen MR) is 132 cm³/mol. The van der Waals surface area contributed by atoms with Gasteiger partial charge in [-0.3, -0.25) is 14.6 Å². The molecule has 1 aliphatic heterocycles. The zero-order chi connectivity index (χ0) is 23.8. The number of pyridine rings is 1. The van der Waals surface area contributed by atoms with Gasteiger partial charge in [0.2, 0.25) is 0 Å². The maximum absolute atomic E-state index is 13.6. The SMILES string of the molecule is Cc1ccc(F)cc1C(=O)Nc1ccc(C(=O)N2Cc3ccsc3Cc3ncccc32)c(Cl)c1. The Morgan fingerprint density at radius 3 is 2.79 bits per heavy atom. The Balaban J connectivity index is 1.43. The van der Waals surface area contributed by atoms with Crippen LogP contribution in [0.15, 0.2) is 66.2 Å². The Morgan fingerprint density at radius 1 is 1.12 bits per heavy atom. The molecule has 5 rings (SSSR count). The number of thiophene rings is 1. The second-order valence-corrected chi connectivity index (χ2v) is 9.42. The van der Waals surface area contributed by atoms with Crippen molar-refractivity contribution in [2.24, 2.45) is 0 Å². The van der Waals surface area contributed by atoms with Crippen LogP contribution < -0.4 is 10.2 Å². The fraction of sp³-hybridized carbons (Fsp3) is 0.115. The average Bonchev–Trinajstić information content (AvgIpc) is 3.19. The minimum absolute atomic E-state index is 0.207. The lowest BCUT2D eigenvalue weighted by molar-refractivity contribution is 0.0984. The van der Waals surface area contributed by atoms with Crippen molar-refractivity contribution in [1.29, 1.82) is 0 Å². The van der Waals surface area contributed by atoms with Crippen LogP contribution in [-0.4, -0.2) is 16.8 Å². The summed E-state index contributed by atoms with van der Waals surface area (Å²) in [6, 6.07) is 14.5. The van der Waals surface area contributed by atoms with Gasteiger partial charge in [-0.1, -0.05) is 17.7 Å². The van der Waals surface area contributed by atoms with Crippen molar-refractivity contribution in [3.63, 3.8) is 0 Å². The highest BCUT2D eigenvalue weighted by atomic mass is 35.5. The van der Waals surface area contributed by atoms with Crippen LogP contribution in [0.2, 0.25) is 5.02 Å². The number of nitrogens with one attached hydrogen (secondary N) is 1. The van der Waals surface area contributed by atoms with Gasteiger partial charge in [0.25, 0.3) is 11.8 Å². The highest BCUT2D eigenvalue weighted by molar-refractivity contribution is 7.10. The van der Waals surface area contributed by atoms with Crippen molar-refractivity contribution in [1.82, 2.24) is 4.98 Å². The van der Waals surface area contributed by atoms with Gasteiger partial charge < -0.3 is 10.2 Å². The van der Waals surface area contributed by atoms with Gasteiger partial charge in [-0.05, 0) is 72.0 Å². The zero-order valence-corrected chi connectivity index (χ0v) is 19.7. The average molecular weight is 492 g/mol. The maximum atomic E-state index is 13.6. The monoisotopic (exact) mass is 491 g/mol. The largest absolute Gasteiger partial charge is 0.322 e. The van der Waals surface area contributed by atoms with Gasteiger partial charge in [-0.2, -0.15) is 0 Å². The van der Waals surface area contributed by atoms with Crippen molar-refractivity contribution in [3.8, 4) is 0 Å². The Hall–Kier alpha value is -3.55. The van der Waals surface area contributed by atoms with E-state index < -0.39 is 11.7 Å². The van der Waals surface area contributed by atoms with Gasteiger partial charge >= 0.3 is 0 Å². The molecule has 0 radical (unpaired) electrons. The van der Waals surface area contributed by atoms with Gasteiger partial charge in [0.1, 0.15) is 5.82 Å². The Bertz CT molecular complexity index is 1440. The quantitative estimate of drug-likeness (QED) is 0.368. The lowest BCUT2D eigenvalue weighted by Gasteiger charge is -2.23. The van der Waals surface area contributed by atoms with Crippen molar-refractivity contribution in [2.45, 2.75) is 19.9 Å². The molecule has 0 atom stereocenters. The topological polar surface area (TPSA) is 62.3 Å². The molecule has 5 nitrogen and oxygen atoms in total. The number of aryl methyl sites for hydroxylation is 1. The van der Waals surface area contributed by atoms with E-state index in [0.29, 0.717) is 29.8 Å². The summed E-state index contributed by atoms with van der Waals surface area (Å²) in [4.78, 5) is 33.6. The third-order valence-electron chi connectivity index (χ3n) is 5.80. The van der Waals surface area contributed by atoms with Gasteiger partial charge in [0.05, 0.1) is 28.5 Å². The van der Waals surface area contributed by atoms with E-state index in [-0.39, 0.29) is 16.5 Å². The number of anilines is 2. The molecule has 0 bridgehead atoms. The van der Waals surface area contributed by atoms with Crippen molar-refractivity contribution >= 4 is 46.1 Å². The smallest absolute Gasteiger partial charge is 0.260 e. The molecule has 0 aliphatic carbocycles. The number of aromatic nitrogens is 1. The van der Waals surface area contributed by atoms with E-state index in [1.54, 1.807) is 47.6 Å². The van der Waals surface area contributed by atoms with E-state index in [2.05, 4.69) is 10.3 Å². The molecule has 34 heavy (non-hydrogen) atoms. The van der Waals surface area contributed by atoms with Gasteiger partial charge in [0.15, 0.2) is 0 Å². The van der Waals surface area contributed by atoms with Crippen LogP contribution in [-0.2, 0) is 13.0 Å². The second-order valence-electron chi connectivity index (χ2n) is 8.01. The normalized spacial score (nSPS) is 12.5. The fourth-order valence-electron chi connectivity index (χ4n) is 4.01. The lowest BCUT2D eigenvalue weighted by atomic mass is 10.1. The Morgan fingerprint density at radius 2 is 1.97 bits per heavy atom. The Kier molecular flexibility index (Phi) is 5.89. The third-order valence-corrected chi connectivity index (χ3v) is 7.07. The van der Waals surface area contributed by atoms with Crippen LogP contribution in [0, 0.1) is 12.7 Å². The maximum Gasteiger partial charge on any atom is 0.260 e. The summed E-state index contributed by atoms with van der Waals surface area (Å²) in [7, 11) is 0. The molecule has 1 aliphatic rings. The third kappa shape index (κ3) is 4.20. The van der Waals surface area contributed by atoms with Crippen LogP contribution in [0.25, 0.3) is 0 Å². The number of fused-ring (bicyclic) bond motifs is 2. The van der Waals surface area contributed by atoms with E-state index in [1.165, 1.54) is 23.1 Å². The first kappa shape index (κ1) is 22.3. The Labute approximate surface area is 204 Å². The molecular weight excluding hydrogens is 473 g/mol. The predicted octanol–water partition coefficient (Wildman–Crippen LogP) is 6.25. The molecule has 0 saturated carbocycles. The lowest BCUT2D eigenvalue weighted by Crippen LogP contribution is -2.30. The van der Waals surface area contributed by atoms with Gasteiger partial charge in [0, 0.05) is 28.7 Å². The summed E-state index contributed by atoms with van der Waals surface area (Å²) in [6.07, 6.45) is 2.40. The van der Waals surface area contributed by atoms with Crippen LogP contribution in [0.1, 0.15) is 42.4 Å². The number of nitrogens with zero attached hydrogens (tertiary/aromatic N) is 2. The molecule has 8 heteroatoms. The molecule has 1 N–H and O–H groups in total. The molecule has 170 valence electrons. The zero-order valence-electron chi connectivity index (χ0n) is 18.1. The van der Waals surface area contributed by atoms with Crippen molar-refractivity contribution < 1.29 is 14.0 Å². The minimum atomic E-state index is -0.490. The van der Waals surface area contributed by atoms with Crippen LogP contribution >= 0.6 is 22.9 Å². The molecule has 3 heterocycles. The van der Waals surface area contributed by atoms with Gasteiger partial charge in [-0.15, -0.1) is 11.3 Å². The molecule has 4 aromatic rings. The van der Waals surface area contributed by atoms with E-state index in [4.69, 9.17) is 11.6 Å². The first-order valence-electron chi connectivity index (χ1n) is 10.6. The number of hydrogen-bond acceptors (Lipinski definition) is 4. The highest BCUT2D eigenvalue weighted by Gasteiger charge is 2.27. The molecule has 0 saturated heterocycles. The van der Waals surface area contributed by atoms with E-state index in [1.807, 2.05) is 23.6 Å². The summed E-state index contributed by atoms with van der Waals surface area (Å²) < 4.78 is 13.6. The minimum Gasteiger partial charge on any atom is -0.322 e. The van der Waals surface area contributed by atoms with Crippen LogP contribution in [0.5, 0.6) is 0 Å². The molecule has 2 aromatic carbocycles. The van der Waals surface area contributed by atoms with E-state index >= 15 is 0 Å². The standard InChI is InChI=1S/C26H19ClFN3O2S/c1-15-4-5-17(28)11-20(15)25(32)30-18-6-7-19(21(27)12-18)26(33)31-14-16-8-10-34-24(16)13-22-23(31)3-2-9-29-22/h2-12H,13-14H2,1H3,(H,30,32). The summed E-state index contributed by atoms with van der Waals surface area (Å²) in [5, 5.41) is 4.95. The number of amides is 2. The first-order chi connectivity index (χ1) is 16.4. The molecule has 0 fully saturated rings. The summed E-state index contributed by atoms with van der Waals surface area (Å²) >= 11 is 8.16. The van der Waals surface area contributed by atoms with Crippen LogP contribution in [0.3, 0.4) is 0 Å². The molecule has 0 spiro atoms. The second kappa shape index (κ2) is 9.00. The highest BCUT2D eigenvalue weighted by Crippen LogP contribution is 2.34. The molecular formula is C26H19ClFN3O2S. The number of carbonyl (C=O) groups is 2. The van der Waals surface area contributed by atoms with E-state index in [0.717, 1.165) is 16.9 Å². The van der Waals surface area contributed by atoms with Gasteiger partial charge in [-0.25, -0.2) is 4.39 Å². The fourth-order valence-corrected chi connectivity index (χ4v) is 5.17. The summed E-state index contributed by atoms with van der Waals surface area (Å²) in [6.45, 7) is 2.15. The summed E-state index contributed by atoms with van der Waals surface area (Å²) in [5.74, 6) is -1.20. The number of carbonyl (C=O) groups excluding carboxylic acids is 2. The number of benzene rings is 2. The first-order valence-corrected chi connectivity index (χ1v) is 11.8. The van der Waals surface area contributed by atoms with E-state index in [9.17, 15) is 14.0 Å². The van der Waals surface area contributed by atoms with Crippen molar-refractivity contribution in [3.05, 3.63) is 110 Å². The molecule has 2 amide bonds. The van der Waals surface area contributed by atoms with Crippen LogP contribution in [0.4, 0.5) is 15.8 Å². The summed E-state index contributed by atoms with van der Waals surface area (Å²) in [5.41, 5.74) is 4.29. The molecule has 2 aromatic heterocycles. The number of hydrogen-bond donors (Lipinski definition) is 1. The van der Waals surface area contributed by atoms with Crippen molar-refractivity contribution in [2.75, 3.05) is 10.2 Å².